The Bertz CT molecular complexity index is 910. The van der Waals surface area contributed by atoms with Crippen molar-refractivity contribution in [1.82, 2.24) is 14.9 Å². The van der Waals surface area contributed by atoms with Crippen molar-refractivity contribution in [2.45, 2.75) is 0 Å². The summed E-state index contributed by atoms with van der Waals surface area (Å²) in [6.45, 7) is 0.853. The van der Waals surface area contributed by atoms with Gasteiger partial charge >= 0.3 is 6.09 Å². The van der Waals surface area contributed by atoms with Crippen molar-refractivity contribution < 1.29 is 18.7 Å². The molecule has 8 heteroatoms. The fourth-order valence-electron chi connectivity index (χ4n) is 2.28. The Morgan fingerprint density at radius 2 is 2.12 bits per heavy atom. The zero-order chi connectivity index (χ0) is 18.5. The molecule has 7 nitrogen and oxygen atoms in total. The summed E-state index contributed by atoms with van der Waals surface area (Å²) in [6, 6.07) is 7.63. The van der Waals surface area contributed by atoms with Gasteiger partial charge in [-0.05, 0) is 38.4 Å². The van der Waals surface area contributed by atoms with E-state index in [1.54, 1.807) is 30.6 Å². The van der Waals surface area contributed by atoms with Crippen molar-refractivity contribution in [2.24, 2.45) is 0 Å². The van der Waals surface area contributed by atoms with Crippen LogP contribution in [-0.2, 0) is 4.74 Å². The van der Waals surface area contributed by atoms with Crippen LogP contribution in [0.25, 0.3) is 11.0 Å². The normalized spacial score (nSPS) is 10.9. The summed E-state index contributed by atoms with van der Waals surface area (Å²) in [5, 5.41) is 3.23. The van der Waals surface area contributed by atoms with E-state index in [0.717, 1.165) is 5.39 Å². The Balaban J connectivity index is 1.66. The van der Waals surface area contributed by atoms with E-state index in [1.165, 1.54) is 12.1 Å². The number of halogens is 1. The van der Waals surface area contributed by atoms with Gasteiger partial charge in [0.15, 0.2) is 11.6 Å². The number of benzene rings is 1. The molecule has 3 aromatic rings. The number of nitrogens with zero attached hydrogens (tertiary/aromatic N) is 2. The lowest BCUT2D eigenvalue weighted by Crippen LogP contribution is -2.22. The molecule has 0 aliphatic heterocycles. The highest BCUT2D eigenvalue weighted by Gasteiger charge is 2.11. The van der Waals surface area contributed by atoms with Crippen molar-refractivity contribution in [1.29, 1.82) is 0 Å². The number of likely N-dealkylation sites (N-methyl/N-ethyl adjacent to an activating group) is 1. The number of pyridine rings is 1. The average Bonchev–Trinajstić information content (AvgIpc) is 3.06. The standard InChI is InChI=1S/C18H19FN4O3/c1-23(2)9-10-25-18(24)22-12-3-4-16(14(19)11-12)26-15-6-8-21-17-13(15)5-7-20-17/h3-8,11H,9-10H2,1-2H3,(H,20,21)(H,22,24). The van der Waals surface area contributed by atoms with E-state index in [4.69, 9.17) is 9.47 Å². The van der Waals surface area contributed by atoms with Crippen LogP contribution in [0, 0.1) is 5.82 Å². The second-order valence-corrected chi connectivity index (χ2v) is 5.86. The molecule has 2 N–H and O–H groups in total. The van der Waals surface area contributed by atoms with Gasteiger partial charge in [-0.15, -0.1) is 0 Å². The number of anilines is 1. The highest BCUT2D eigenvalue weighted by atomic mass is 19.1. The maximum Gasteiger partial charge on any atom is 0.411 e. The molecule has 0 spiro atoms. The van der Waals surface area contributed by atoms with Gasteiger partial charge in [0.25, 0.3) is 0 Å². The quantitative estimate of drug-likeness (QED) is 0.704. The predicted molar refractivity (Wildman–Crippen MR) is 96.1 cm³/mol. The Labute approximate surface area is 149 Å². The summed E-state index contributed by atoms with van der Waals surface area (Å²) in [6.07, 6.45) is 2.67. The minimum absolute atomic E-state index is 0.0465. The van der Waals surface area contributed by atoms with E-state index in [1.807, 2.05) is 19.0 Å². The van der Waals surface area contributed by atoms with Crippen LogP contribution in [0.5, 0.6) is 11.5 Å². The largest absolute Gasteiger partial charge is 0.453 e. The van der Waals surface area contributed by atoms with E-state index >= 15 is 0 Å². The van der Waals surface area contributed by atoms with Gasteiger partial charge in [0.1, 0.15) is 18.0 Å². The maximum atomic E-state index is 14.3. The number of aromatic nitrogens is 2. The van der Waals surface area contributed by atoms with E-state index in [9.17, 15) is 9.18 Å². The van der Waals surface area contributed by atoms with Crippen LogP contribution in [0.15, 0.2) is 42.7 Å². The van der Waals surface area contributed by atoms with Crippen LogP contribution in [0.2, 0.25) is 0 Å². The number of H-pyrrole nitrogens is 1. The molecular formula is C18H19FN4O3. The summed E-state index contributed by atoms with van der Waals surface area (Å²) >= 11 is 0. The van der Waals surface area contributed by atoms with Crippen molar-refractivity contribution in [3.05, 3.63) is 48.5 Å². The van der Waals surface area contributed by atoms with Crippen LogP contribution in [-0.4, -0.2) is 48.2 Å². The van der Waals surface area contributed by atoms with Gasteiger partial charge in [0.05, 0.1) is 5.39 Å². The van der Waals surface area contributed by atoms with Crippen LogP contribution in [0.1, 0.15) is 0 Å². The summed E-state index contributed by atoms with van der Waals surface area (Å²) in [7, 11) is 3.75. The SMILES string of the molecule is CN(C)CCOC(=O)Nc1ccc(Oc2ccnc3[nH]ccc23)c(F)c1. The molecule has 0 fully saturated rings. The van der Waals surface area contributed by atoms with Gasteiger partial charge in [0.2, 0.25) is 0 Å². The smallest absolute Gasteiger partial charge is 0.411 e. The first-order chi connectivity index (χ1) is 12.5. The highest BCUT2D eigenvalue weighted by molar-refractivity contribution is 5.85. The first kappa shape index (κ1) is 17.7. The summed E-state index contributed by atoms with van der Waals surface area (Å²) in [4.78, 5) is 20.7. The third kappa shape index (κ3) is 4.28. The van der Waals surface area contributed by atoms with Crippen molar-refractivity contribution in [3.63, 3.8) is 0 Å². The molecule has 0 unspecified atom stereocenters. The molecule has 0 aliphatic carbocycles. The molecule has 3 rings (SSSR count). The molecule has 2 aromatic heterocycles. The monoisotopic (exact) mass is 358 g/mol. The van der Waals surface area contributed by atoms with Crippen molar-refractivity contribution in [2.75, 3.05) is 32.6 Å². The Hall–Kier alpha value is -3.13. The van der Waals surface area contributed by atoms with Crippen LogP contribution < -0.4 is 10.1 Å². The Morgan fingerprint density at radius 3 is 2.88 bits per heavy atom. The van der Waals surface area contributed by atoms with E-state index < -0.39 is 11.9 Å². The molecule has 1 aromatic carbocycles. The number of aromatic amines is 1. The van der Waals surface area contributed by atoms with Gasteiger partial charge in [0, 0.05) is 30.7 Å². The molecular weight excluding hydrogens is 339 g/mol. The lowest BCUT2D eigenvalue weighted by molar-refractivity contribution is 0.151. The van der Waals surface area contributed by atoms with Gasteiger partial charge in [-0.2, -0.15) is 0 Å². The highest BCUT2D eigenvalue weighted by Crippen LogP contribution is 2.31. The fraction of sp³-hybridized carbons (Fsp3) is 0.222. The first-order valence-electron chi connectivity index (χ1n) is 8.01. The molecule has 136 valence electrons. The number of carbonyl (C=O) groups is 1. The number of rotatable bonds is 6. The molecule has 0 radical (unpaired) electrons. The van der Waals surface area contributed by atoms with Crippen molar-refractivity contribution >= 4 is 22.8 Å². The lowest BCUT2D eigenvalue weighted by Gasteiger charge is -2.12. The zero-order valence-electron chi connectivity index (χ0n) is 14.5. The maximum absolute atomic E-state index is 14.3. The van der Waals surface area contributed by atoms with E-state index in [2.05, 4.69) is 15.3 Å². The Morgan fingerprint density at radius 1 is 1.27 bits per heavy atom. The lowest BCUT2D eigenvalue weighted by atomic mass is 10.2. The molecule has 0 saturated heterocycles. The number of hydrogen-bond acceptors (Lipinski definition) is 5. The second kappa shape index (κ2) is 7.83. The number of nitrogens with one attached hydrogen (secondary N) is 2. The molecule has 0 saturated carbocycles. The first-order valence-corrected chi connectivity index (χ1v) is 8.01. The molecule has 0 atom stereocenters. The molecule has 2 heterocycles. The fourth-order valence-corrected chi connectivity index (χ4v) is 2.28. The minimum atomic E-state index is -0.636. The number of fused-ring (bicyclic) bond motifs is 1. The predicted octanol–water partition coefficient (Wildman–Crippen LogP) is 3.60. The molecule has 0 aliphatic rings. The van der Waals surface area contributed by atoms with Gasteiger partial charge in [-0.1, -0.05) is 0 Å². The third-order valence-electron chi connectivity index (χ3n) is 3.59. The summed E-state index contributed by atoms with van der Waals surface area (Å²) in [5.74, 6) is -0.0687. The average molecular weight is 358 g/mol. The van der Waals surface area contributed by atoms with Crippen LogP contribution >= 0.6 is 0 Å². The van der Waals surface area contributed by atoms with Crippen LogP contribution in [0.3, 0.4) is 0 Å². The minimum Gasteiger partial charge on any atom is -0.453 e. The number of amides is 1. The van der Waals surface area contributed by atoms with E-state index in [0.29, 0.717) is 17.9 Å². The van der Waals surface area contributed by atoms with Crippen LogP contribution in [0.4, 0.5) is 14.9 Å². The van der Waals surface area contributed by atoms with Gasteiger partial charge < -0.3 is 19.4 Å². The van der Waals surface area contributed by atoms with E-state index in [-0.39, 0.29) is 18.0 Å². The van der Waals surface area contributed by atoms with Crippen molar-refractivity contribution in [3.8, 4) is 11.5 Å². The molecule has 26 heavy (non-hydrogen) atoms. The second-order valence-electron chi connectivity index (χ2n) is 5.86. The van der Waals surface area contributed by atoms with Gasteiger partial charge in [-0.25, -0.2) is 14.2 Å². The summed E-state index contributed by atoms with van der Waals surface area (Å²) in [5.41, 5.74) is 0.938. The number of carbonyl (C=O) groups excluding carboxylic acids is 1. The topological polar surface area (TPSA) is 79.5 Å². The molecule has 0 bridgehead atoms. The van der Waals surface area contributed by atoms with Gasteiger partial charge in [-0.3, -0.25) is 5.32 Å². The summed E-state index contributed by atoms with van der Waals surface area (Å²) < 4.78 is 25.0. The number of hydrogen-bond donors (Lipinski definition) is 2. The Kier molecular flexibility index (Phi) is 5.33. The molecule has 1 amide bonds. The zero-order valence-corrected chi connectivity index (χ0v) is 14.5. The third-order valence-corrected chi connectivity index (χ3v) is 3.59. The number of ether oxygens (including phenoxy) is 2.